The van der Waals surface area contributed by atoms with Gasteiger partial charge in [-0.2, -0.15) is 5.10 Å². The Bertz CT molecular complexity index is 1010. The van der Waals surface area contributed by atoms with Crippen LogP contribution in [-0.4, -0.2) is 45.9 Å². The molecule has 0 saturated heterocycles. The second-order valence-corrected chi connectivity index (χ2v) is 5.84. The predicted molar refractivity (Wildman–Crippen MR) is 97.1 cm³/mol. The van der Waals surface area contributed by atoms with Crippen LogP contribution in [0.3, 0.4) is 0 Å². The van der Waals surface area contributed by atoms with E-state index >= 15 is 0 Å². The monoisotopic (exact) mass is 334 g/mol. The maximum Gasteiger partial charge on any atom is 0.195 e. The molecule has 3 aromatic rings. The molecule has 0 spiro atoms. The molecule has 2 aromatic heterocycles. The summed E-state index contributed by atoms with van der Waals surface area (Å²) in [6.45, 7) is 0.590. The molecular formula is C18H18N6O. The fourth-order valence-corrected chi connectivity index (χ4v) is 2.45. The maximum absolute atomic E-state index is 12.9. The van der Waals surface area contributed by atoms with Crippen molar-refractivity contribution < 1.29 is 4.79 Å². The quantitative estimate of drug-likeness (QED) is 0.421. The van der Waals surface area contributed by atoms with Crippen LogP contribution in [0.4, 0.5) is 11.5 Å². The number of anilines is 2. The number of aromatic nitrogens is 3. The summed E-state index contributed by atoms with van der Waals surface area (Å²) in [5.41, 5.74) is 14.2. The van der Waals surface area contributed by atoms with Crippen molar-refractivity contribution in [2.45, 2.75) is 0 Å². The normalized spacial score (nSPS) is 10.7. The summed E-state index contributed by atoms with van der Waals surface area (Å²) in [5, 5.41) is 4.19. The number of nitrogen functional groups attached to an aromatic ring is 2. The van der Waals surface area contributed by atoms with Gasteiger partial charge in [0.1, 0.15) is 17.5 Å². The van der Waals surface area contributed by atoms with Crippen molar-refractivity contribution in [2.24, 2.45) is 0 Å². The zero-order valence-corrected chi connectivity index (χ0v) is 14.0. The summed E-state index contributed by atoms with van der Waals surface area (Å²) in [4.78, 5) is 18.9. The van der Waals surface area contributed by atoms with Crippen LogP contribution in [0.25, 0.3) is 5.52 Å². The minimum Gasteiger partial charge on any atom is -0.399 e. The van der Waals surface area contributed by atoms with Crippen LogP contribution in [0, 0.1) is 11.8 Å². The highest BCUT2D eigenvalue weighted by molar-refractivity contribution is 6.15. The molecule has 0 saturated carbocycles. The first-order chi connectivity index (χ1) is 12.0. The summed E-state index contributed by atoms with van der Waals surface area (Å²) < 4.78 is 1.55. The van der Waals surface area contributed by atoms with Gasteiger partial charge in [-0.05, 0) is 38.2 Å². The first kappa shape index (κ1) is 16.5. The van der Waals surface area contributed by atoms with Crippen molar-refractivity contribution in [2.75, 3.05) is 32.1 Å². The highest BCUT2D eigenvalue weighted by Gasteiger charge is 2.19. The van der Waals surface area contributed by atoms with Crippen molar-refractivity contribution in [3.8, 4) is 11.8 Å². The topological polar surface area (TPSA) is 103 Å². The van der Waals surface area contributed by atoms with E-state index in [1.54, 1.807) is 34.8 Å². The van der Waals surface area contributed by atoms with Crippen molar-refractivity contribution in [1.29, 1.82) is 0 Å². The highest BCUT2D eigenvalue weighted by Crippen LogP contribution is 2.23. The van der Waals surface area contributed by atoms with Crippen LogP contribution in [-0.2, 0) is 0 Å². The number of carbonyl (C=O) groups is 1. The van der Waals surface area contributed by atoms with Crippen LogP contribution in [0.2, 0.25) is 0 Å². The van der Waals surface area contributed by atoms with E-state index in [-0.39, 0.29) is 11.6 Å². The van der Waals surface area contributed by atoms with Gasteiger partial charge >= 0.3 is 0 Å². The van der Waals surface area contributed by atoms with Gasteiger partial charge in [0, 0.05) is 11.3 Å². The molecular weight excluding hydrogens is 316 g/mol. The molecule has 2 heterocycles. The minimum atomic E-state index is -0.202. The Balaban J connectivity index is 2.14. The minimum absolute atomic E-state index is 0.202. The Morgan fingerprint density at radius 1 is 1.28 bits per heavy atom. The molecule has 0 amide bonds. The van der Waals surface area contributed by atoms with Crippen molar-refractivity contribution in [3.63, 3.8) is 0 Å². The van der Waals surface area contributed by atoms with Gasteiger partial charge in [0.05, 0.1) is 12.1 Å². The molecule has 0 aliphatic rings. The van der Waals surface area contributed by atoms with Crippen LogP contribution in [0.1, 0.15) is 21.6 Å². The molecule has 3 rings (SSSR count). The molecule has 126 valence electrons. The Morgan fingerprint density at radius 2 is 2.08 bits per heavy atom. The summed E-state index contributed by atoms with van der Waals surface area (Å²) >= 11 is 0. The third kappa shape index (κ3) is 3.29. The Hall–Kier alpha value is -3.37. The van der Waals surface area contributed by atoms with Gasteiger partial charge in [-0.1, -0.05) is 18.1 Å². The number of fused-ring (bicyclic) bond motifs is 1. The average Bonchev–Trinajstić information content (AvgIpc) is 2.94. The third-order valence-corrected chi connectivity index (χ3v) is 3.59. The molecule has 0 fully saturated rings. The molecule has 0 aliphatic heterocycles. The van der Waals surface area contributed by atoms with E-state index in [2.05, 4.69) is 21.9 Å². The first-order valence-electron chi connectivity index (χ1n) is 7.63. The predicted octanol–water partition coefficient (Wildman–Crippen LogP) is 1.04. The lowest BCUT2D eigenvalue weighted by Crippen LogP contribution is -2.10. The molecule has 7 nitrogen and oxygen atoms in total. The molecule has 0 bridgehead atoms. The van der Waals surface area contributed by atoms with Gasteiger partial charge < -0.3 is 11.5 Å². The van der Waals surface area contributed by atoms with Gasteiger partial charge in [0.15, 0.2) is 11.6 Å². The summed E-state index contributed by atoms with van der Waals surface area (Å²) in [6.07, 6.45) is 1.34. The number of ketones is 1. The molecule has 4 N–H and O–H groups in total. The average molecular weight is 334 g/mol. The zero-order valence-electron chi connectivity index (χ0n) is 14.0. The molecule has 0 radical (unpaired) electrons. The highest BCUT2D eigenvalue weighted by atomic mass is 16.1. The van der Waals surface area contributed by atoms with Crippen LogP contribution in [0.5, 0.6) is 0 Å². The zero-order chi connectivity index (χ0) is 18.0. The van der Waals surface area contributed by atoms with Gasteiger partial charge in [0.2, 0.25) is 0 Å². The molecule has 1 aromatic carbocycles. The van der Waals surface area contributed by atoms with E-state index < -0.39 is 0 Å². The summed E-state index contributed by atoms with van der Waals surface area (Å²) in [5.74, 6) is 6.09. The SMILES string of the molecule is CN(C)CC#Cc1cc(C(=O)c2cccc(N)c2)c2c(N)ncnn12. The Labute approximate surface area is 145 Å². The molecule has 25 heavy (non-hydrogen) atoms. The van der Waals surface area contributed by atoms with E-state index in [1.165, 1.54) is 6.33 Å². The van der Waals surface area contributed by atoms with Gasteiger partial charge in [-0.15, -0.1) is 0 Å². The number of hydrogen-bond acceptors (Lipinski definition) is 6. The fraction of sp³-hybridized carbons (Fsp3) is 0.167. The van der Waals surface area contributed by atoms with Gasteiger partial charge in [0.25, 0.3) is 0 Å². The van der Waals surface area contributed by atoms with Gasteiger partial charge in [-0.3, -0.25) is 9.69 Å². The summed E-state index contributed by atoms with van der Waals surface area (Å²) in [6, 6.07) is 8.49. The van der Waals surface area contributed by atoms with Crippen molar-refractivity contribution in [3.05, 3.63) is 53.5 Å². The third-order valence-electron chi connectivity index (χ3n) is 3.59. The number of hydrogen-bond donors (Lipinski definition) is 2. The second-order valence-electron chi connectivity index (χ2n) is 5.84. The van der Waals surface area contributed by atoms with Crippen LogP contribution in [0.15, 0.2) is 36.7 Å². The number of rotatable bonds is 3. The largest absolute Gasteiger partial charge is 0.399 e. The Kier molecular flexibility index (Phi) is 4.37. The van der Waals surface area contributed by atoms with E-state index in [0.717, 1.165) is 0 Å². The molecule has 0 aliphatic carbocycles. The molecule has 0 atom stereocenters. The number of carbonyl (C=O) groups excluding carboxylic acids is 1. The van der Waals surface area contributed by atoms with E-state index in [1.807, 2.05) is 19.0 Å². The lowest BCUT2D eigenvalue weighted by atomic mass is 10.0. The Morgan fingerprint density at radius 3 is 2.80 bits per heavy atom. The van der Waals surface area contributed by atoms with Crippen LogP contribution >= 0.6 is 0 Å². The fourth-order valence-electron chi connectivity index (χ4n) is 2.45. The lowest BCUT2D eigenvalue weighted by molar-refractivity contribution is 0.104. The first-order valence-corrected chi connectivity index (χ1v) is 7.63. The molecule has 7 heteroatoms. The molecule has 0 unspecified atom stereocenters. The second kappa shape index (κ2) is 6.63. The maximum atomic E-state index is 12.9. The van der Waals surface area contributed by atoms with Crippen molar-refractivity contribution >= 4 is 22.8 Å². The van der Waals surface area contributed by atoms with Crippen LogP contribution < -0.4 is 11.5 Å². The standard InChI is InChI=1S/C18H18N6O/c1-23(2)8-4-7-14-10-15(16-18(20)21-11-22-24(14)16)17(25)12-5-3-6-13(19)9-12/h3,5-6,9-11H,8,19H2,1-2H3,(H2,20,21,22). The summed E-state index contributed by atoms with van der Waals surface area (Å²) in [7, 11) is 3.86. The van der Waals surface area contributed by atoms with Gasteiger partial charge in [-0.25, -0.2) is 9.50 Å². The number of nitrogens with two attached hydrogens (primary N) is 2. The van der Waals surface area contributed by atoms with E-state index in [0.29, 0.717) is 34.6 Å². The van der Waals surface area contributed by atoms with E-state index in [4.69, 9.17) is 11.5 Å². The van der Waals surface area contributed by atoms with E-state index in [9.17, 15) is 4.79 Å². The lowest BCUT2D eigenvalue weighted by Gasteiger charge is -2.03. The van der Waals surface area contributed by atoms with Crippen molar-refractivity contribution in [1.82, 2.24) is 19.5 Å². The number of nitrogens with zero attached hydrogens (tertiary/aromatic N) is 4. The number of benzene rings is 1. The smallest absolute Gasteiger partial charge is 0.195 e.